The second-order valence-electron chi connectivity index (χ2n) is 8.70. The van der Waals surface area contributed by atoms with Crippen molar-refractivity contribution in [2.75, 3.05) is 18.6 Å². The van der Waals surface area contributed by atoms with Gasteiger partial charge in [0.15, 0.2) is 16.9 Å². The third-order valence-electron chi connectivity index (χ3n) is 5.80. The fraction of sp³-hybridized carbons (Fsp3) is 0.222. The van der Waals surface area contributed by atoms with Crippen molar-refractivity contribution in [1.29, 1.82) is 0 Å². The molecule has 5 rings (SSSR count). The normalized spacial score (nSPS) is 15.1. The van der Waals surface area contributed by atoms with Gasteiger partial charge < -0.3 is 13.9 Å². The zero-order valence-electron chi connectivity index (χ0n) is 19.4. The standard InChI is InChI=1S/C27H23ClN2O5/c1-15(2)14-34-20-9-7-16(12-21(20)33-3)24-23-25(31)18-13-17(28)8-10-19(18)35-26(23)27(32)30(24)22-6-4-5-11-29-22/h4-13,15,24H,14H2,1-3H3. The molecule has 1 unspecified atom stereocenters. The van der Waals surface area contributed by atoms with Crippen LogP contribution in [0.3, 0.4) is 0 Å². The van der Waals surface area contributed by atoms with Gasteiger partial charge in [-0.05, 0) is 53.9 Å². The third-order valence-corrected chi connectivity index (χ3v) is 6.04. The first-order valence-corrected chi connectivity index (χ1v) is 11.6. The van der Waals surface area contributed by atoms with Gasteiger partial charge in [0.2, 0.25) is 5.76 Å². The maximum absolute atomic E-state index is 13.7. The first kappa shape index (κ1) is 22.9. The lowest BCUT2D eigenvalue weighted by Gasteiger charge is -2.25. The number of benzene rings is 2. The molecule has 0 saturated carbocycles. The maximum atomic E-state index is 13.7. The summed E-state index contributed by atoms with van der Waals surface area (Å²) in [5.74, 6) is 1.35. The Bertz CT molecular complexity index is 1480. The van der Waals surface area contributed by atoms with E-state index in [-0.39, 0.29) is 16.8 Å². The molecule has 35 heavy (non-hydrogen) atoms. The van der Waals surface area contributed by atoms with Gasteiger partial charge in [-0.15, -0.1) is 0 Å². The topological polar surface area (TPSA) is 81.9 Å². The Morgan fingerprint density at radius 3 is 2.63 bits per heavy atom. The minimum Gasteiger partial charge on any atom is -0.493 e. The van der Waals surface area contributed by atoms with Crippen molar-refractivity contribution in [3.05, 3.63) is 92.9 Å². The monoisotopic (exact) mass is 490 g/mol. The molecular formula is C27H23ClN2O5. The Morgan fingerprint density at radius 1 is 1.09 bits per heavy atom. The molecule has 4 aromatic rings. The molecule has 2 aromatic heterocycles. The number of amides is 1. The quantitative estimate of drug-likeness (QED) is 0.348. The average molecular weight is 491 g/mol. The highest BCUT2D eigenvalue weighted by Gasteiger charge is 2.44. The number of aromatic nitrogens is 1. The molecule has 0 fully saturated rings. The second-order valence-corrected chi connectivity index (χ2v) is 9.13. The van der Waals surface area contributed by atoms with Crippen LogP contribution < -0.4 is 19.8 Å². The molecule has 8 heteroatoms. The molecule has 1 aliphatic heterocycles. The third kappa shape index (κ3) is 4.02. The van der Waals surface area contributed by atoms with Crippen LogP contribution in [0.2, 0.25) is 5.02 Å². The molecule has 0 N–H and O–H groups in total. The van der Waals surface area contributed by atoms with Crippen molar-refractivity contribution < 1.29 is 18.7 Å². The molecule has 2 aromatic carbocycles. The number of ether oxygens (including phenoxy) is 2. The molecule has 7 nitrogen and oxygen atoms in total. The highest BCUT2D eigenvalue weighted by Crippen LogP contribution is 2.42. The molecule has 0 spiro atoms. The number of nitrogens with zero attached hydrogens (tertiary/aromatic N) is 2. The van der Waals surface area contributed by atoms with E-state index in [2.05, 4.69) is 18.8 Å². The van der Waals surface area contributed by atoms with Crippen LogP contribution in [0.5, 0.6) is 11.5 Å². The van der Waals surface area contributed by atoms with Gasteiger partial charge in [0.05, 0.1) is 30.7 Å². The van der Waals surface area contributed by atoms with E-state index >= 15 is 0 Å². The smallest absolute Gasteiger partial charge is 0.296 e. The summed E-state index contributed by atoms with van der Waals surface area (Å²) in [4.78, 5) is 33.2. The molecule has 0 aliphatic carbocycles. The number of pyridine rings is 1. The minimum absolute atomic E-state index is 0.0143. The van der Waals surface area contributed by atoms with E-state index in [4.69, 9.17) is 25.5 Å². The first-order valence-electron chi connectivity index (χ1n) is 11.2. The predicted molar refractivity (Wildman–Crippen MR) is 134 cm³/mol. The minimum atomic E-state index is -0.778. The summed E-state index contributed by atoms with van der Waals surface area (Å²) in [5.41, 5.74) is 0.862. The highest BCUT2D eigenvalue weighted by molar-refractivity contribution is 6.31. The fourth-order valence-electron chi connectivity index (χ4n) is 4.22. The van der Waals surface area contributed by atoms with Crippen molar-refractivity contribution in [3.63, 3.8) is 0 Å². The largest absolute Gasteiger partial charge is 0.493 e. The van der Waals surface area contributed by atoms with E-state index in [9.17, 15) is 9.59 Å². The van der Waals surface area contributed by atoms with Crippen molar-refractivity contribution in [2.24, 2.45) is 5.92 Å². The molecule has 0 bridgehead atoms. The molecule has 1 amide bonds. The van der Waals surface area contributed by atoms with Crippen LogP contribution in [0.4, 0.5) is 5.82 Å². The number of anilines is 1. The number of carbonyl (C=O) groups excluding carboxylic acids is 1. The summed E-state index contributed by atoms with van der Waals surface area (Å²) in [5, 5.41) is 0.710. The van der Waals surface area contributed by atoms with Crippen LogP contribution in [0, 0.1) is 5.92 Å². The summed E-state index contributed by atoms with van der Waals surface area (Å²) in [6.07, 6.45) is 1.59. The van der Waals surface area contributed by atoms with E-state index in [1.807, 2.05) is 6.07 Å². The Morgan fingerprint density at radius 2 is 1.91 bits per heavy atom. The number of hydrogen-bond donors (Lipinski definition) is 0. The van der Waals surface area contributed by atoms with Crippen molar-refractivity contribution in [2.45, 2.75) is 19.9 Å². The van der Waals surface area contributed by atoms with Gasteiger partial charge in [-0.2, -0.15) is 0 Å². The number of hydrogen-bond acceptors (Lipinski definition) is 6. The Labute approximate surface area is 206 Å². The van der Waals surface area contributed by atoms with Crippen LogP contribution in [0.25, 0.3) is 11.0 Å². The van der Waals surface area contributed by atoms with Crippen molar-refractivity contribution >= 4 is 34.3 Å². The fourth-order valence-corrected chi connectivity index (χ4v) is 4.40. The Balaban J connectivity index is 1.73. The van der Waals surface area contributed by atoms with Gasteiger partial charge in [-0.3, -0.25) is 14.5 Å². The number of carbonyl (C=O) groups is 1. The SMILES string of the molecule is COc1cc(C2c3c(oc4ccc(Cl)cc4c3=O)C(=O)N2c2ccccn2)ccc1OCC(C)C. The van der Waals surface area contributed by atoms with Crippen LogP contribution in [0.1, 0.15) is 41.6 Å². The molecule has 0 radical (unpaired) electrons. The van der Waals surface area contributed by atoms with Crippen LogP contribution >= 0.6 is 11.6 Å². The van der Waals surface area contributed by atoms with Crippen molar-refractivity contribution in [1.82, 2.24) is 4.98 Å². The summed E-state index contributed by atoms with van der Waals surface area (Å²) in [6.45, 7) is 4.64. The van der Waals surface area contributed by atoms with Crippen molar-refractivity contribution in [3.8, 4) is 11.5 Å². The molecule has 178 valence electrons. The summed E-state index contributed by atoms with van der Waals surface area (Å²) >= 11 is 6.16. The predicted octanol–water partition coefficient (Wildman–Crippen LogP) is 5.63. The van der Waals surface area contributed by atoms with Gasteiger partial charge in [-0.25, -0.2) is 4.98 Å². The number of fused-ring (bicyclic) bond motifs is 2. The van der Waals surface area contributed by atoms with E-state index in [0.717, 1.165) is 0 Å². The zero-order valence-corrected chi connectivity index (χ0v) is 20.2. The lowest BCUT2D eigenvalue weighted by molar-refractivity contribution is 0.0970. The molecular weight excluding hydrogens is 468 g/mol. The summed E-state index contributed by atoms with van der Waals surface area (Å²) in [7, 11) is 1.55. The Kier molecular flexibility index (Phi) is 5.94. The first-order chi connectivity index (χ1) is 16.9. The Hall–Kier alpha value is -3.84. The lowest BCUT2D eigenvalue weighted by atomic mass is 9.98. The van der Waals surface area contributed by atoms with E-state index in [0.29, 0.717) is 51.4 Å². The maximum Gasteiger partial charge on any atom is 0.296 e. The lowest BCUT2D eigenvalue weighted by Crippen LogP contribution is -2.30. The van der Waals surface area contributed by atoms with Crippen LogP contribution in [0.15, 0.2) is 70.0 Å². The summed E-state index contributed by atoms with van der Waals surface area (Å²) < 4.78 is 17.4. The zero-order chi connectivity index (χ0) is 24.7. The second kappa shape index (κ2) is 9.07. The molecule has 1 atom stereocenters. The molecule has 3 heterocycles. The van der Waals surface area contributed by atoms with Crippen LogP contribution in [-0.4, -0.2) is 24.6 Å². The number of rotatable bonds is 6. The van der Waals surface area contributed by atoms with E-state index in [1.165, 1.54) is 4.90 Å². The average Bonchev–Trinajstić information content (AvgIpc) is 3.16. The molecule has 1 aliphatic rings. The van der Waals surface area contributed by atoms with E-state index in [1.54, 1.807) is 61.8 Å². The van der Waals surface area contributed by atoms with Gasteiger partial charge >= 0.3 is 0 Å². The van der Waals surface area contributed by atoms with Gasteiger partial charge in [0.25, 0.3) is 5.91 Å². The highest BCUT2D eigenvalue weighted by atomic mass is 35.5. The van der Waals surface area contributed by atoms with E-state index < -0.39 is 11.9 Å². The van der Waals surface area contributed by atoms with Gasteiger partial charge in [0.1, 0.15) is 11.4 Å². The van der Waals surface area contributed by atoms with Gasteiger partial charge in [-0.1, -0.05) is 37.6 Å². The van der Waals surface area contributed by atoms with Crippen LogP contribution in [-0.2, 0) is 0 Å². The number of methoxy groups -OCH3 is 1. The van der Waals surface area contributed by atoms with Gasteiger partial charge in [0, 0.05) is 11.2 Å². The number of halogens is 1. The molecule has 0 saturated heterocycles. The summed E-state index contributed by atoms with van der Waals surface area (Å²) in [6, 6.07) is 14.6.